The lowest BCUT2D eigenvalue weighted by Crippen LogP contribution is -2.50. The molecule has 1 aromatic heterocycles. The van der Waals surface area contributed by atoms with Crippen LogP contribution in [0.5, 0.6) is 0 Å². The lowest BCUT2D eigenvalue weighted by molar-refractivity contribution is -0.144. The van der Waals surface area contributed by atoms with Crippen molar-refractivity contribution in [1.82, 2.24) is 15.5 Å². The third kappa shape index (κ3) is 3.24. The van der Waals surface area contributed by atoms with Gasteiger partial charge in [-0.2, -0.15) is 0 Å². The minimum Gasteiger partial charge on any atom is -0.480 e. The third-order valence-corrected chi connectivity index (χ3v) is 5.88. The van der Waals surface area contributed by atoms with Gasteiger partial charge in [0.15, 0.2) is 4.34 Å². The molecule has 2 unspecified atom stereocenters. The van der Waals surface area contributed by atoms with Gasteiger partial charge in [0, 0.05) is 19.3 Å². The number of nitrogens with zero attached hydrogens (tertiary/aromatic N) is 3. The van der Waals surface area contributed by atoms with Crippen molar-refractivity contribution in [1.29, 1.82) is 0 Å². The molecule has 112 valence electrons. The van der Waals surface area contributed by atoms with E-state index in [-0.39, 0.29) is 5.25 Å². The zero-order valence-corrected chi connectivity index (χ0v) is 13.6. The van der Waals surface area contributed by atoms with Crippen LogP contribution in [0.2, 0.25) is 0 Å². The molecule has 1 aliphatic rings. The molecule has 1 saturated carbocycles. The van der Waals surface area contributed by atoms with Crippen LogP contribution in [0.25, 0.3) is 0 Å². The van der Waals surface area contributed by atoms with Crippen LogP contribution in [0.3, 0.4) is 0 Å². The van der Waals surface area contributed by atoms with Crippen LogP contribution in [0.1, 0.15) is 26.2 Å². The number of likely N-dealkylation sites (N-methyl/N-ethyl adjacent to an activating group) is 1. The summed E-state index contributed by atoms with van der Waals surface area (Å²) < 4.78 is 0.913. The fourth-order valence-corrected chi connectivity index (χ4v) is 4.75. The van der Waals surface area contributed by atoms with E-state index in [0.29, 0.717) is 19.4 Å². The fourth-order valence-electron chi connectivity index (χ4n) is 2.44. The molecule has 6 nitrogen and oxygen atoms in total. The summed E-state index contributed by atoms with van der Waals surface area (Å²) in [5.41, 5.74) is -0.762. The van der Waals surface area contributed by atoms with Gasteiger partial charge < -0.3 is 15.3 Å². The molecule has 2 atom stereocenters. The molecule has 2 rings (SSSR count). The Hall–Kier alpha value is -0.860. The molecule has 1 heterocycles. The Morgan fingerprint density at radius 3 is 2.90 bits per heavy atom. The first-order valence-corrected chi connectivity index (χ1v) is 8.32. The Morgan fingerprint density at radius 2 is 2.35 bits per heavy atom. The van der Waals surface area contributed by atoms with E-state index in [1.807, 2.05) is 25.9 Å². The van der Waals surface area contributed by atoms with Crippen LogP contribution in [0, 0.1) is 0 Å². The highest BCUT2D eigenvalue weighted by Gasteiger charge is 2.45. The number of thioether (sulfide) groups is 1. The van der Waals surface area contributed by atoms with E-state index in [0.717, 1.165) is 15.9 Å². The summed E-state index contributed by atoms with van der Waals surface area (Å²) in [7, 11) is 3.87. The van der Waals surface area contributed by atoms with Gasteiger partial charge in [0.05, 0.1) is 0 Å². The number of aromatic nitrogens is 2. The van der Waals surface area contributed by atoms with E-state index in [1.165, 1.54) is 0 Å². The van der Waals surface area contributed by atoms with Crippen LogP contribution < -0.4 is 10.2 Å². The highest BCUT2D eigenvalue weighted by molar-refractivity contribution is 8.01. The zero-order valence-electron chi connectivity index (χ0n) is 11.9. The van der Waals surface area contributed by atoms with Gasteiger partial charge in [-0.1, -0.05) is 30.0 Å². The number of nitrogens with one attached hydrogen (secondary N) is 1. The maximum Gasteiger partial charge on any atom is 0.323 e. The predicted octanol–water partition coefficient (Wildman–Crippen LogP) is 1.68. The average molecular weight is 316 g/mol. The first-order valence-electron chi connectivity index (χ1n) is 6.63. The molecule has 0 saturated heterocycles. The summed E-state index contributed by atoms with van der Waals surface area (Å²) in [6.45, 7) is 2.62. The first-order chi connectivity index (χ1) is 9.47. The number of rotatable bonds is 6. The predicted molar refractivity (Wildman–Crippen MR) is 81.8 cm³/mol. The minimum atomic E-state index is -0.762. The van der Waals surface area contributed by atoms with E-state index < -0.39 is 11.5 Å². The molecule has 0 spiro atoms. The second-order valence-corrected chi connectivity index (χ2v) is 7.65. The molecule has 8 heteroatoms. The van der Waals surface area contributed by atoms with Crippen LogP contribution in [-0.2, 0) is 4.79 Å². The minimum absolute atomic E-state index is 0.285. The normalized spacial score (nSPS) is 25.9. The summed E-state index contributed by atoms with van der Waals surface area (Å²) in [4.78, 5) is 13.4. The quantitative estimate of drug-likeness (QED) is 0.826. The molecular weight excluding hydrogens is 296 g/mol. The zero-order chi connectivity index (χ0) is 14.8. The molecule has 0 aliphatic heterocycles. The van der Waals surface area contributed by atoms with E-state index in [1.54, 1.807) is 23.1 Å². The van der Waals surface area contributed by atoms with Crippen molar-refractivity contribution in [3.8, 4) is 0 Å². The van der Waals surface area contributed by atoms with Gasteiger partial charge in [-0.05, 0) is 25.8 Å². The molecule has 1 fully saturated rings. The number of anilines is 1. The highest BCUT2D eigenvalue weighted by Crippen LogP contribution is 2.41. The standard InChI is InChI=1S/C12H20N4O2S2/c1-4-13-12(9(17)18)6-5-8(7-12)19-11-15-14-10(20-11)16(2)3/h8,13H,4-7H2,1-3H3,(H,17,18). The smallest absolute Gasteiger partial charge is 0.323 e. The number of hydrogen-bond acceptors (Lipinski definition) is 7. The fraction of sp³-hybridized carbons (Fsp3) is 0.750. The van der Waals surface area contributed by atoms with Crippen molar-refractivity contribution in [3.63, 3.8) is 0 Å². The number of aliphatic carboxylic acids is 1. The highest BCUT2D eigenvalue weighted by atomic mass is 32.2. The van der Waals surface area contributed by atoms with Gasteiger partial charge in [-0.15, -0.1) is 10.2 Å². The van der Waals surface area contributed by atoms with Gasteiger partial charge in [0.1, 0.15) is 5.54 Å². The molecule has 1 aromatic rings. The third-order valence-electron chi connectivity index (χ3n) is 3.44. The summed E-state index contributed by atoms with van der Waals surface area (Å²) in [5.74, 6) is -0.742. The van der Waals surface area contributed by atoms with Crippen LogP contribution in [0.15, 0.2) is 4.34 Å². The van der Waals surface area contributed by atoms with Crippen LogP contribution >= 0.6 is 23.1 Å². The Kier molecular flexibility index (Phi) is 4.87. The topological polar surface area (TPSA) is 78.3 Å². The van der Waals surface area contributed by atoms with Gasteiger partial charge in [-0.25, -0.2) is 0 Å². The van der Waals surface area contributed by atoms with Gasteiger partial charge >= 0.3 is 5.97 Å². The largest absolute Gasteiger partial charge is 0.480 e. The molecule has 0 bridgehead atoms. The molecule has 0 radical (unpaired) electrons. The molecule has 0 aromatic carbocycles. The van der Waals surface area contributed by atoms with Gasteiger partial charge in [0.2, 0.25) is 5.13 Å². The van der Waals surface area contributed by atoms with Crippen molar-refractivity contribution < 1.29 is 9.90 Å². The Balaban J connectivity index is 2.00. The lowest BCUT2D eigenvalue weighted by atomic mass is 9.98. The average Bonchev–Trinajstić information content (AvgIpc) is 2.98. The molecule has 20 heavy (non-hydrogen) atoms. The van der Waals surface area contributed by atoms with Crippen LogP contribution in [0.4, 0.5) is 5.13 Å². The van der Waals surface area contributed by atoms with E-state index >= 15 is 0 Å². The first kappa shape index (κ1) is 15.5. The Morgan fingerprint density at radius 1 is 1.60 bits per heavy atom. The summed E-state index contributed by atoms with van der Waals surface area (Å²) in [6.07, 6.45) is 2.20. The number of carboxylic acids is 1. The number of carbonyl (C=O) groups is 1. The Bertz CT molecular complexity index is 480. The lowest BCUT2D eigenvalue weighted by Gasteiger charge is -2.25. The second-order valence-electron chi connectivity index (χ2n) is 5.15. The molecule has 2 N–H and O–H groups in total. The van der Waals surface area contributed by atoms with Crippen molar-refractivity contribution in [2.24, 2.45) is 0 Å². The van der Waals surface area contributed by atoms with E-state index in [2.05, 4.69) is 15.5 Å². The van der Waals surface area contributed by atoms with Crippen molar-refractivity contribution in [2.75, 3.05) is 25.5 Å². The van der Waals surface area contributed by atoms with Crippen molar-refractivity contribution in [3.05, 3.63) is 0 Å². The Labute approximate surface area is 127 Å². The SMILES string of the molecule is CCNC1(C(=O)O)CCC(Sc2nnc(N(C)C)s2)C1. The van der Waals surface area contributed by atoms with Crippen molar-refractivity contribution in [2.45, 2.75) is 41.3 Å². The van der Waals surface area contributed by atoms with Crippen molar-refractivity contribution >= 4 is 34.2 Å². The number of hydrogen-bond donors (Lipinski definition) is 2. The second kappa shape index (κ2) is 6.28. The summed E-state index contributed by atoms with van der Waals surface area (Å²) >= 11 is 3.20. The monoisotopic (exact) mass is 316 g/mol. The number of carboxylic acid groups (broad SMARTS) is 1. The molecular formula is C12H20N4O2S2. The molecule has 1 aliphatic carbocycles. The maximum absolute atomic E-state index is 11.5. The summed E-state index contributed by atoms with van der Waals surface area (Å²) in [5, 5.41) is 22.0. The molecule has 0 amide bonds. The van der Waals surface area contributed by atoms with Gasteiger partial charge in [0.25, 0.3) is 0 Å². The summed E-state index contributed by atoms with van der Waals surface area (Å²) in [6, 6.07) is 0. The maximum atomic E-state index is 11.5. The van der Waals surface area contributed by atoms with E-state index in [9.17, 15) is 9.90 Å². The van der Waals surface area contributed by atoms with Crippen LogP contribution in [-0.4, -0.2) is 52.7 Å². The van der Waals surface area contributed by atoms with Gasteiger partial charge in [-0.3, -0.25) is 4.79 Å². The van der Waals surface area contributed by atoms with E-state index in [4.69, 9.17) is 0 Å².